The highest BCUT2D eigenvalue weighted by Crippen LogP contribution is 2.34. The Bertz CT molecular complexity index is 681. The average molecular weight is 493 g/mol. The molecule has 198 valence electrons. The lowest BCUT2D eigenvalue weighted by atomic mass is 9.84. The Morgan fingerprint density at radius 1 is 1.24 bits per heavy atom. The van der Waals surface area contributed by atoms with E-state index in [0.717, 1.165) is 11.5 Å². The predicted octanol–water partition coefficient (Wildman–Crippen LogP) is 4.45. The van der Waals surface area contributed by atoms with Crippen molar-refractivity contribution in [2.24, 2.45) is 17.3 Å². The summed E-state index contributed by atoms with van der Waals surface area (Å²) in [5.74, 6) is -1.45. The molecule has 34 heavy (non-hydrogen) atoms. The summed E-state index contributed by atoms with van der Waals surface area (Å²) >= 11 is 0. The molecule has 0 bridgehead atoms. The number of rotatable bonds is 5. The summed E-state index contributed by atoms with van der Waals surface area (Å²) in [6.45, 7) is 20.5. The van der Waals surface area contributed by atoms with E-state index < -0.39 is 30.6 Å². The van der Waals surface area contributed by atoms with Crippen molar-refractivity contribution in [1.29, 1.82) is 5.26 Å². The molecule has 3 amide bonds. The minimum atomic E-state index is -4.95. The zero-order chi connectivity index (χ0) is 27.7. The van der Waals surface area contributed by atoms with Crippen LogP contribution in [0.25, 0.3) is 0 Å². The molecule has 2 N–H and O–H groups in total. The van der Waals surface area contributed by atoms with Gasteiger partial charge in [-0.2, -0.15) is 18.4 Å². The van der Waals surface area contributed by atoms with Crippen molar-refractivity contribution in [3.63, 3.8) is 0 Å². The van der Waals surface area contributed by atoms with Gasteiger partial charge in [-0.05, 0) is 36.7 Å². The van der Waals surface area contributed by atoms with Crippen LogP contribution >= 0.6 is 0 Å². The first-order valence-electron chi connectivity index (χ1n) is 11.4. The van der Waals surface area contributed by atoms with Gasteiger partial charge in [0.2, 0.25) is 12.3 Å². The van der Waals surface area contributed by atoms with Crippen LogP contribution in [-0.4, -0.2) is 55.0 Å². The number of hydrogen-bond donors (Lipinski definition) is 2. The van der Waals surface area contributed by atoms with Gasteiger partial charge in [-0.1, -0.05) is 61.5 Å². The first-order valence-corrected chi connectivity index (χ1v) is 11.4. The van der Waals surface area contributed by atoms with Crippen molar-refractivity contribution in [3.05, 3.63) is 11.6 Å². The number of alkyl halides is 3. The standard InChI is InChI=1S/C11H17F3N2O2.C7H10N2O.C4H10.C2H6/c1-7-5-16(6-10(7,2)3)8(17)4-15-9(18)11(12,13)14;1-3-6(2)7(4-8)9-5-10;1-4(2)3;1-2/h7H,4-6H2,1-3H3,(H,15,18);3,5,7H,1-2H3,(H,9,10);4H,1-3H3;1-2H3/b;6-3+;;/t7-;;;/m0.../s1. The van der Waals surface area contributed by atoms with Crippen molar-refractivity contribution in [2.45, 2.75) is 81.5 Å². The van der Waals surface area contributed by atoms with Crippen LogP contribution < -0.4 is 10.6 Å². The van der Waals surface area contributed by atoms with E-state index in [0.29, 0.717) is 19.5 Å². The predicted molar refractivity (Wildman–Crippen MR) is 128 cm³/mol. The third-order valence-corrected chi connectivity index (χ3v) is 4.71. The Hall–Kier alpha value is -2.57. The molecular formula is C24H43F3N4O3. The number of nitriles is 1. The van der Waals surface area contributed by atoms with Gasteiger partial charge in [0.25, 0.3) is 0 Å². The highest BCUT2D eigenvalue weighted by atomic mass is 19.4. The van der Waals surface area contributed by atoms with Crippen LogP contribution in [-0.2, 0) is 14.4 Å². The molecule has 1 aliphatic heterocycles. The van der Waals surface area contributed by atoms with Crippen molar-refractivity contribution in [2.75, 3.05) is 19.6 Å². The fraction of sp³-hybridized carbons (Fsp3) is 0.750. The van der Waals surface area contributed by atoms with Crippen LogP contribution in [0.4, 0.5) is 13.2 Å². The number of likely N-dealkylation sites (tertiary alicyclic amines) is 1. The van der Waals surface area contributed by atoms with E-state index in [1.165, 1.54) is 4.90 Å². The molecule has 2 atom stereocenters. The second-order valence-corrected chi connectivity index (χ2v) is 8.96. The topological polar surface area (TPSA) is 102 Å². The molecule has 0 saturated carbocycles. The summed E-state index contributed by atoms with van der Waals surface area (Å²) in [4.78, 5) is 33.6. The van der Waals surface area contributed by atoms with Crippen LogP contribution in [0.2, 0.25) is 0 Å². The average Bonchev–Trinajstić information content (AvgIpc) is 3.02. The number of amides is 3. The fourth-order valence-electron chi connectivity index (χ4n) is 2.35. The zero-order valence-electron chi connectivity index (χ0n) is 22.3. The number of allylic oxidation sites excluding steroid dienone is 1. The van der Waals surface area contributed by atoms with Gasteiger partial charge in [-0.25, -0.2) is 0 Å². The monoisotopic (exact) mass is 492 g/mol. The maximum atomic E-state index is 11.9. The molecule has 1 fully saturated rings. The minimum absolute atomic E-state index is 0.0519. The van der Waals surface area contributed by atoms with Gasteiger partial charge < -0.3 is 15.5 Å². The van der Waals surface area contributed by atoms with Gasteiger partial charge >= 0.3 is 12.1 Å². The van der Waals surface area contributed by atoms with E-state index >= 15 is 0 Å². The first-order chi connectivity index (χ1) is 15.5. The number of hydrogen-bond acceptors (Lipinski definition) is 4. The van der Waals surface area contributed by atoms with Gasteiger partial charge in [0.15, 0.2) is 0 Å². The molecule has 10 heteroatoms. The van der Waals surface area contributed by atoms with E-state index in [4.69, 9.17) is 5.26 Å². The van der Waals surface area contributed by atoms with E-state index in [2.05, 4.69) is 26.1 Å². The molecule has 1 aliphatic rings. The molecule has 7 nitrogen and oxygen atoms in total. The quantitative estimate of drug-likeness (QED) is 0.437. The third kappa shape index (κ3) is 16.1. The molecule has 0 aliphatic carbocycles. The Morgan fingerprint density at radius 3 is 2.00 bits per heavy atom. The second-order valence-electron chi connectivity index (χ2n) is 8.96. The zero-order valence-corrected chi connectivity index (χ0v) is 22.3. The summed E-state index contributed by atoms with van der Waals surface area (Å²) < 4.78 is 35.8. The minimum Gasteiger partial charge on any atom is -0.340 e. The fourth-order valence-corrected chi connectivity index (χ4v) is 2.35. The number of carbonyl (C=O) groups excluding carboxylic acids is 3. The highest BCUT2D eigenvalue weighted by molar-refractivity contribution is 5.87. The van der Waals surface area contributed by atoms with Gasteiger partial charge in [-0.3, -0.25) is 14.4 Å². The molecule has 1 saturated heterocycles. The Morgan fingerprint density at radius 2 is 1.71 bits per heavy atom. The molecule has 1 unspecified atom stereocenters. The molecule has 0 spiro atoms. The second kappa shape index (κ2) is 17.8. The van der Waals surface area contributed by atoms with Crippen molar-refractivity contribution in [3.8, 4) is 6.07 Å². The maximum absolute atomic E-state index is 11.9. The summed E-state index contributed by atoms with van der Waals surface area (Å²) in [5, 5.41) is 12.4. The molecule has 0 aromatic rings. The molecule has 0 aromatic heterocycles. The maximum Gasteiger partial charge on any atom is 0.471 e. The molecule has 0 radical (unpaired) electrons. The van der Waals surface area contributed by atoms with Gasteiger partial charge in [0.05, 0.1) is 12.6 Å². The molecule has 1 rings (SSSR count). The lowest BCUT2D eigenvalue weighted by Gasteiger charge is -2.22. The van der Waals surface area contributed by atoms with Crippen LogP contribution in [0, 0.1) is 28.6 Å². The Balaban J connectivity index is -0.000000506. The van der Waals surface area contributed by atoms with E-state index in [-0.39, 0.29) is 11.3 Å². The SMILES string of the molecule is C/C=C(\C)C(C#N)NC=O.CC.CC(C)C.C[C@H]1CN(C(=O)CNC(=O)C(F)(F)F)CC1(C)C. The largest absolute Gasteiger partial charge is 0.471 e. The highest BCUT2D eigenvalue weighted by Gasteiger charge is 2.41. The van der Waals surface area contributed by atoms with E-state index in [9.17, 15) is 27.6 Å². The van der Waals surface area contributed by atoms with Crippen LogP contribution in [0.15, 0.2) is 11.6 Å². The van der Waals surface area contributed by atoms with E-state index in [1.807, 2.05) is 47.6 Å². The molecular weight excluding hydrogens is 449 g/mol. The third-order valence-electron chi connectivity index (χ3n) is 4.71. The van der Waals surface area contributed by atoms with Crippen molar-refractivity contribution in [1.82, 2.24) is 15.5 Å². The summed E-state index contributed by atoms with van der Waals surface area (Å²) in [6.07, 6.45) is -2.62. The lowest BCUT2D eigenvalue weighted by molar-refractivity contribution is -0.174. The van der Waals surface area contributed by atoms with Crippen LogP contribution in [0.1, 0.15) is 69.2 Å². The first kappa shape index (κ1) is 36.0. The smallest absolute Gasteiger partial charge is 0.340 e. The summed E-state index contributed by atoms with van der Waals surface area (Å²) in [5.41, 5.74) is 0.804. The summed E-state index contributed by atoms with van der Waals surface area (Å²) in [7, 11) is 0. The van der Waals surface area contributed by atoms with E-state index in [1.54, 1.807) is 18.3 Å². The number of nitrogens with one attached hydrogen (secondary N) is 2. The Kier molecular flexibility index (Phi) is 18.9. The number of halogens is 3. The normalized spacial score (nSPS) is 17.4. The lowest BCUT2D eigenvalue weighted by Crippen LogP contribution is -2.44. The van der Waals surface area contributed by atoms with Gasteiger partial charge in [0, 0.05) is 13.1 Å². The molecule has 0 aromatic carbocycles. The van der Waals surface area contributed by atoms with Gasteiger partial charge in [0.1, 0.15) is 6.04 Å². The van der Waals surface area contributed by atoms with Crippen LogP contribution in [0.5, 0.6) is 0 Å². The van der Waals surface area contributed by atoms with Gasteiger partial charge in [-0.15, -0.1) is 0 Å². The van der Waals surface area contributed by atoms with Crippen molar-refractivity contribution < 1.29 is 27.6 Å². The van der Waals surface area contributed by atoms with Crippen LogP contribution in [0.3, 0.4) is 0 Å². The Labute approximate surface area is 203 Å². The number of carbonyl (C=O) groups is 3. The molecule has 1 heterocycles. The van der Waals surface area contributed by atoms with Crippen molar-refractivity contribution >= 4 is 18.2 Å². The number of nitrogens with zero attached hydrogens (tertiary/aromatic N) is 2. The summed E-state index contributed by atoms with van der Waals surface area (Å²) in [6, 6.07) is 1.47.